The number of hydrogen-bond donors (Lipinski definition) is 4. The number of aromatic nitrogens is 1. The van der Waals surface area contributed by atoms with Gasteiger partial charge in [0, 0.05) is 12.8 Å². The summed E-state index contributed by atoms with van der Waals surface area (Å²) in [5.74, 6) is -1.94. The van der Waals surface area contributed by atoms with Crippen LogP contribution in [0.4, 0.5) is 11.4 Å². The molecule has 1 aromatic carbocycles. The van der Waals surface area contributed by atoms with E-state index in [9.17, 15) is 19.5 Å². The average Bonchev–Trinajstić information content (AvgIpc) is 3.16. The molecule has 0 aliphatic rings. The number of rotatable bonds is 7. The summed E-state index contributed by atoms with van der Waals surface area (Å²) in [6.45, 7) is 3.37. The highest BCUT2D eigenvalue weighted by atomic mass is 32.1. The van der Waals surface area contributed by atoms with Crippen LogP contribution in [-0.4, -0.2) is 27.9 Å². The van der Waals surface area contributed by atoms with Crippen molar-refractivity contribution in [3.05, 3.63) is 42.1 Å². The number of nitrogens with zero attached hydrogens (tertiary/aromatic N) is 1. The summed E-state index contributed by atoms with van der Waals surface area (Å²) in [7, 11) is 0. The fourth-order valence-corrected chi connectivity index (χ4v) is 2.45. The van der Waals surface area contributed by atoms with Gasteiger partial charge in [-0.3, -0.25) is 9.59 Å². The number of thiol groups is 1. The molecular weight excluding hydrogens is 358 g/mol. The first-order valence-electron chi connectivity index (χ1n) is 7.92. The van der Waals surface area contributed by atoms with Crippen molar-refractivity contribution in [2.45, 2.75) is 31.4 Å². The number of hydrogen-bond acceptors (Lipinski definition) is 6. The van der Waals surface area contributed by atoms with E-state index >= 15 is 0 Å². The normalized spacial score (nSPS) is 12.9. The van der Waals surface area contributed by atoms with Crippen LogP contribution in [0.15, 0.2) is 35.1 Å². The molecule has 0 bridgehead atoms. The lowest BCUT2D eigenvalue weighted by Gasteiger charge is -2.22. The second-order valence-electron chi connectivity index (χ2n) is 5.42. The Kier molecular flexibility index (Phi) is 6.04. The molecule has 138 valence electrons. The third-order valence-electron chi connectivity index (χ3n) is 3.68. The van der Waals surface area contributed by atoms with Gasteiger partial charge in [-0.15, -0.1) is 12.6 Å². The number of oxazole rings is 1. The van der Waals surface area contributed by atoms with E-state index in [0.717, 1.165) is 0 Å². The number of carbonyl (C=O) groups excluding carboxylic acids is 2. The summed E-state index contributed by atoms with van der Waals surface area (Å²) in [6.07, 6.45) is 3.04. The number of nitrogens with one attached hydrogen (secondary N) is 2. The predicted octanol–water partition coefficient (Wildman–Crippen LogP) is 2.63. The molecule has 2 aromatic rings. The zero-order valence-corrected chi connectivity index (χ0v) is 15.2. The standard InChI is InChI=1S/C17H19N3O5S/c1-3-13(21)19-11-6-5-10(9-12(11)20-14(22)4-2)17(26,16(23)24)15-18-7-8-25-15/h5-9,26H,3-4H2,1-2H3,(H,19,21)(H,20,22)(H,23,24). The maximum Gasteiger partial charge on any atom is 0.333 e. The Hall–Kier alpha value is -2.81. The van der Waals surface area contributed by atoms with E-state index in [1.165, 1.54) is 30.7 Å². The molecule has 26 heavy (non-hydrogen) atoms. The van der Waals surface area contributed by atoms with Crippen LogP contribution in [0.1, 0.15) is 38.1 Å². The van der Waals surface area contributed by atoms with E-state index in [1.807, 2.05) is 0 Å². The topological polar surface area (TPSA) is 122 Å². The van der Waals surface area contributed by atoms with Crippen molar-refractivity contribution in [2.75, 3.05) is 10.6 Å². The van der Waals surface area contributed by atoms with Crippen molar-refractivity contribution in [3.63, 3.8) is 0 Å². The number of amides is 2. The zero-order valence-electron chi connectivity index (χ0n) is 14.3. The maximum atomic E-state index is 11.9. The Labute approximate surface area is 155 Å². The molecule has 0 saturated heterocycles. The van der Waals surface area contributed by atoms with Crippen LogP contribution in [0.2, 0.25) is 0 Å². The van der Waals surface area contributed by atoms with Gasteiger partial charge in [-0.2, -0.15) is 0 Å². The van der Waals surface area contributed by atoms with Crippen LogP contribution in [0.25, 0.3) is 0 Å². The molecule has 1 heterocycles. The van der Waals surface area contributed by atoms with E-state index in [-0.39, 0.29) is 41.8 Å². The van der Waals surface area contributed by atoms with Gasteiger partial charge >= 0.3 is 5.97 Å². The third-order valence-corrected chi connectivity index (χ3v) is 4.32. The second-order valence-corrected chi connectivity index (χ2v) is 6.09. The number of anilines is 2. The molecule has 1 aromatic heterocycles. The van der Waals surface area contributed by atoms with Gasteiger partial charge in [-0.05, 0) is 17.7 Å². The van der Waals surface area contributed by atoms with Crippen LogP contribution >= 0.6 is 12.6 Å². The van der Waals surface area contributed by atoms with E-state index in [1.54, 1.807) is 13.8 Å². The van der Waals surface area contributed by atoms with Crippen molar-refractivity contribution < 1.29 is 23.9 Å². The van der Waals surface area contributed by atoms with Gasteiger partial charge in [0.15, 0.2) is 0 Å². The summed E-state index contributed by atoms with van der Waals surface area (Å²) >= 11 is 4.29. The van der Waals surface area contributed by atoms with Crippen molar-refractivity contribution in [1.29, 1.82) is 0 Å². The van der Waals surface area contributed by atoms with E-state index in [0.29, 0.717) is 5.69 Å². The molecular formula is C17H19N3O5S. The number of carboxylic acid groups (broad SMARTS) is 1. The molecule has 9 heteroatoms. The first kappa shape index (κ1) is 19.5. The summed E-state index contributed by atoms with van der Waals surface area (Å²) in [5, 5.41) is 15.0. The summed E-state index contributed by atoms with van der Waals surface area (Å²) in [4.78, 5) is 39.3. The van der Waals surface area contributed by atoms with E-state index in [4.69, 9.17) is 4.42 Å². The van der Waals surface area contributed by atoms with Gasteiger partial charge in [0.05, 0.1) is 17.6 Å². The Morgan fingerprint density at radius 2 is 1.77 bits per heavy atom. The van der Waals surface area contributed by atoms with Gasteiger partial charge in [-0.25, -0.2) is 9.78 Å². The second kappa shape index (κ2) is 8.05. The van der Waals surface area contributed by atoms with Gasteiger partial charge < -0.3 is 20.2 Å². The van der Waals surface area contributed by atoms with Crippen LogP contribution < -0.4 is 10.6 Å². The molecule has 1 atom stereocenters. The van der Waals surface area contributed by atoms with Crippen LogP contribution in [-0.2, 0) is 19.1 Å². The van der Waals surface area contributed by atoms with Crippen molar-refractivity contribution in [1.82, 2.24) is 4.98 Å². The van der Waals surface area contributed by atoms with Gasteiger partial charge in [0.2, 0.25) is 22.5 Å². The molecule has 0 fully saturated rings. The lowest BCUT2D eigenvalue weighted by molar-refractivity contribution is -0.139. The molecule has 2 amide bonds. The summed E-state index contributed by atoms with van der Waals surface area (Å²) in [6, 6.07) is 4.42. The first-order valence-corrected chi connectivity index (χ1v) is 8.37. The predicted molar refractivity (Wildman–Crippen MR) is 98.2 cm³/mol. The number of benzene rings is 1. The third kappa shape index (κ3) is 3.88. The first-order chi connectivity index (χ1) is 12.3. The van der Waals surface area contributed by atoms with Crippen LogP contribution in [0.5, 0.6) is 0 Å². The SMILES string of the molecule is CCC(=O)Nc1ccc(C(S)(C(=O)O)c2ncco2)cc1NC(=O)CC. The van der Waals surface area contributed by atoms with Crippen molar-refractivity contribution in [2.24, 2.45) is 0 Å². The van der Waals surface area contributed by atoms with E-state index in [2.05, 4.69) is 28.2 Å². The Morgan fingerprint density at radius 1 is 1.15 bits per heavy atom. The van der Waals surface area contributed by atoms with Gasteiger partial charge in [-0.1, -0.05) is 19.9 Å². The van der Waals surface area contributed by atoms with Gasteiger partial charge in [0.1, 0.15) is 6.26 Å². The maximum absolute atomic E-state index is 11.9. The monoisotopic (exact) mass is 377 g/mol. The Bertz CT molecular complexity index is 822. The minimum Gasteiger partial charge on any atom is -0.480 e. The fraction of sp³-hybridized carbons (Fsp3) is 0.294. The fourth-order valence-electron chi connectivity index (χ4n) is 2.20. The highest BCUT2D eigenvalue weighted by Gasteiger charge is 2.43. The average molecular weight is 377 g/mol. The lowest BCUT2D eigenvalue weighted by atomic mass is 9.96. The highest BCUT2D eigenvalue weighted by Crippen LogP contribution is 2.38. The zero-order chi connectivity index (χ0) is 19.3. The van der Waals surface area contributed by atoms with Crippen molar-refractivity contribution in [3.8, 4) is 0 Å². The number of carboxylic acids is 1. The Morgan fingerprint density at radius 3 is 2.27 bits per heavy atom. The minimum atomic E-state index is -1.86. The number of aliphatic carboxylic acids is 1. The Balaban J connectivity index is 2.55. The molecule has 0 spiro atoms. The quantitative estimate of drug-likeness (QED) is 0.550. The molecule has 8 nitrogen and oxygen atoms in total. The lowest BCUT2D eigenvalue weighted by Crippen LogP contribution is -2.32. The molecule has 3 N–H and O–H groups in total. The molecule has 0 saturated carbocycles. The van der Waals surface area contributed by atoms with Gasteiger partial charge in [0.25, 0.3) is 0 Å². The number of carbonyl (C=O) groups is 3. The molecule has 0 radical (unpaired) electrons. The van der Waals surface area contributed by atoms with Crippen LogP contribution in [0, 0.1) is 0 Å². The summed E-state index contributed by atoms with van der Waals surface area (Å²) in [5.41, 5.74) is 0.843. The molecule has 0 aliphatic carbocycles. The summed E-state index contributed by atoms with van der Waals surface area (Å²) < 4.78 is 3.28. The van der Waals surface area contributed by atoms with Crippen molar-refractivity contribution >= 4 is 41.8 Å². The molecule has 2 rings (SSSR count). The van der Waals surface area contributed by atoms with E-state index < -0.39 is 10.7 Å². The molecule has 0 aliphatic heterocycles. The minimum absolute atomic E-state index is 0.119. The largest absolute Gasteiger partial charge is 0.480 e. The highest BCUT2D eigenvalue weighted by molar-refractivity contribution is 7.82. The smallest absolute Gasteiger partial charge is 0.333 e. The van der Waals surface area contributed by atoms with Crippen LogP contribution in [0.3, 0.4) is 0 Å². The molecule has 1 unspecified atom stereocenters.